The Morgan fingerprint density at radius 3 is 2.39 bits per heavy atom. The zero-order chi connectivity index (χ0) is 17.0. The lowest BCUT2D eigenvalue weighted by molar-refractivity contribution is -0.165. The minimum Gasteiger partial charge on any atom is -0.504 e. The van der Waals surface area contributed by atoms with Crippen LogP contribution in [0.4, 0.5) is 18.9 Å². The molecule has 23 heavy (non-hydrogen) atoms. The summed E-state index contributed by atoms with van der Waals surface area (Å²) in [6, 6.07) is 8.92. The highest BCUT2D eigenvalue weighted by Gasteiger charge is 2.42. The molecule has 0 saturated heterocycles. The third-order valence-corrected chi connectivity index (χ3v) is 3.21. The maximum atomic E-state index is 12.7. The average Bonchev–Trinajstić information content (AvgIpc) is 3.02. The minimum atomic E-state index is -5.15. The predicted octanol–water partition coefficient (Wildman–Crippen LogP) is 4.85. The molecule has 0 aliphatic carbocycles. The highest BCUT2D eigenvalue weighted by molar-refractivity contribution is 9.10. The Kier molecular flexibility index (Phi) is 5.05. The summed E-state index contributed by atoms with van der Waals surface area (Å²) < 4.78 is 43.6. The van der Waals surface area contributed by atoms with Crippen molar-refractivity contribution in [3.8, 4) is 0 Å². The maximum Gasteiger partial charge on any atom is 0.455 e. The summed E-state index contributed by atoms with van der Waals surface area (Å²) in [6.45, 7) is 0. The third-order valence-electron chi connectivity index (χ3n) is 2.68. The van der Waals surface area contributed by atoms with Crippen molar-refractivity contribution in [3.05, 3.63) is 58.5 Å². The lowest BCUT2D eigenvalue weighted by Gasteiger charge is -2.07. The Labute approximate surface area is 137 Å². The summed E-state index contributed by atoms with van der Waals surface area (Å²) in [5.74, 6) is -3.41. The molecule has 2 aromatic rings. The van der Waals surface area contributed by atoms with E-state index in [-0.39, 0.29) is 5.76 Å². The molecule has 0 saturated carbocycles. The Morgan fingerprint density at radius 2 is 1.87 bits per heavy atom. The highest BCUT2D eigenvalue weighted by atomic mass is 79.9. The number of aliphatic hydroxyl groups excluding tert-OH is 1. The van der Waals surface area contributed by atoms with Crippen LogP contribution < -0.4 is 0 Å². The Bertz CT molecular complexity index is 747. The van der Waals surface area contributed by atoms with Gasteiger partial charge in [-0.15, -0.1) is 0 Å². The van der Waals surface area contributed by atoms with Gasteiger partial charge in [0.15, 0.2) is 11.5 Å². The Morgan fingerprint density at radius 1 is 1.22 bits per heavy atom. The summed E-state index contributed by atoms with van der Waals surface area (Å²) in [4.78, 5) is 15.3. The van der Waals surface area contributed by atoms with Gasteiger partial charge >= 0.3 is 6.18 Å². The van der Waals surface area contributed by atoms with Crippen LogP contribution in [0.1, 0.15) is 5.76 Å². The van der Waals surface area contributed by atoms with E-state index in [1.165, 1.54) is 24.3 Å². The van der Waals surface area contributed by atoms with E-state index in [0.29, 0.717) is 11.9 Å². The molecule has 0 unspecified atom stereocenters. The van der Waals surface area contributed by atoms with Crippen molar-refractivity contribution in [3.63, 3.8) is 0 Å². The number of alkyl halides is 3. The van der Waals surface area contributed by atoms with E-state index in [1.807, 2.05) is 0 Å². The standard InChI is InChI=1S/C15H9BrF3NO3/c16-9-3-5-10(6-4-9)20-8-11(14(22)15(17,18)19)13(21)12-2-1-7-23-12/h1-8,21H/b13-11-,20-8?. The number of hydrogen-bond donors (Lipinski definition) is 1. The first-order chi connectivity index (χ1) is 10.8. The number of Topliss-reactive ketones (excluding diaryl/α,β-unsaturated/α-hetero) is 1. The first-order valence-corrected chi connectivity index (χ1v) is 6.96. The zero-order valence-corrected chi connectivity index (χ0v) is 12.9. The van der Waals surface area contributed by atoms with Gasteiger partial charge in [0, 0.05) is 10.7 Å². The largest absolute Gasteiger partial charge is 0.504 e. The van der Waals surface area contributed by atoms with Crippen LogP contribution in [0.15, 0.2) is 62.1 Å². The normalized spacial score (nSPS) is 13.2. The first-order valence-electron chi connectivity index (χ1n) is 6.17. The van der Waals surface area contributed by atoms with E-state index in [9.17, 15) is 23.1 Å². The van der Waals surface area contributed by atoms with E-state index in [1.54, 1.807) is 12.1 Å². The second-order valence-corrected chi connectivity index (χ2v) is 5.22. The predicted molar refractivity (Wildman–Crippen MR) is 81.6 cm³/mol. The summed E-state index contributed by atoms with van der Waals surface area (Å²) in [6.07, 6.45) is -3.33. The van der Waals surface area contributed by atoms with E-state index in [0.717, 1.165) is 10.7 Å². The van der Waals surface area contributed by atoms with Crippen LogP contribution >= 0.6 is 15.9 Å². The lowest BCUT2D eigenvalue weighted by Crippen LogP contribution is -2.26. The van der Waals surface area contributed by atoms with Crippen LogP contribution in [0.25, 0.3) is 5.76 Å². The molecular formula is C15H9BrF3NO3. The molecule has 1 aromatic carbocycles. The van der Waals surface area contributed by atoms with Gasteiger partial charge in [-0.05, 0) is 36.4 Å². The second-order valence-electron chi connectivity index (χ2n) is 4.30. The van der Waals surface area contributed by atoms with Gasteiger partial charge in [-0.3, -0.25) is 9.79 Å². The monoisotopic (exact) mass is 387 g/mol. The zero-order valence-electron chi connectivity index (χ0n) is 11.3. The molecule has 0 atom stereocenters. The third kappa shape index (κ3) is 4.32. The Balaban J connectivity index is 2.44. The van der Waals surface area contributed by atoms with Crippen LogP contribution in [0.3, 0.4) is 0 Å². The molecule has 1 N–H and O–H groups in total. The molecule has 120 valence electrons. The van der Waals surface area contributed by atoms with Gasteiger partial charge < -0.3 is 9.52 Å². The number of hydrogen-bond acceptors (Lipinski definition) is 4. The van der Waals surface area contributed by atoms with Gasteiger partial charge in [0.05, 0.1) is 17.5 Å². The summed E-state index contributed by atoms with van der Waals surface area (Å²) >= 11 is 3.21. The van der Waals surface area contributed by atoms with Crippen LogP contribution in [0.5, 0.6) is 0 Å². The van der Waals surface area contributed by atoms with Crippen molar-refractivity contribution in [2.75, 3.05) is 0 Å². The molecule has 0 spiro atoms. The van der Waals surface area contributed by atoms with E-state index in [2.05, 4.69) is 20.9 Å². The fraction of sp³-hybridized carbons (Fsp3) is 0.0667. The SMILES string of the molecule is O=C(/C(C=Nc1ccc(Br)cc1)=C(\O)c1ccco1)C(F)(F)F. The fourth-order valence-corrected chi connectivity index (χ4v) is 1.86. The van der Waals surface area contributed by atoms with Crippen LogP contribution in [-0.2, 0) is 4.79 Å². The van der Waals surface area contributed by atoms with Crippen LogP contribution in [0.2, 0.25) is 0 Å². The van der Waals surface area contributed by atoms with E-state index in [4.69, 9.17) is 4.42 Å². The maximum absolute atomic E-state index is 12.7. The van der Waals surface area contributed by atoms with Crippen molar-refractivity contribution in [1.29, 1.82) is 0 Å². The van der Waals surface area contributed by atoms with Gasteiger partial charge in [0.2, 0.25) is 0 Å². The van der Waals surface area contributed by atoms with Gasteiger partial charge in [-0.2, -0.15) is 13.2 Å². The molecule has 1 heterocycles. The second kappa shape index (κ2) is 6.82. The number of furan rings is 1. The number of aliphatic hydroxyl groups is 1. The first kappa shape index (κ1) is 17.0. The molecule has 0 aliphatic rings. The molecule has 8 heteroatoms. The number of carbonyl (C=O) groups is 1. The molecule has 0 radical (unpaired) electrons. The molecule has 2 rings (SSSR count). The van der Waals surface area contributed by atoms with Crippen LogP contribution in [-0.4, -0.2) is 23.3 Å². The highest BCUT2D eigenvalue weighted by Crippen LogP contribution is 2.26. The molecule has 4 nitrogen and oxygen atoms in total. The quantitative estimate of drug-likeness (QED) is 0.463. The van der Waals surface area contributed by atoms with Crippen LogP contribution in [0, 0.1) is 0 Å². The summed E-state index contributed by atoms with van der Waals surface area (Å²) in [5.41, 5.74) is -0.691. The number of halogens is 4. The minimum absolute atomic E-state index is 0.264. The summed E-state index contributed by atoms with van der Waals surface area (Å²) in [7, 11) is 0. The smallest absolute Gasteiger partial charge is 0.455 e. The molecule has 0 aliphatic heterocycles. The van der Waals surface area contributed by atoms with Crippen molar-refractivity contribution in [2.24, 2.45) is 4.99 Å². The topological polar surface area (TPSA) is 62.8 Å². The van der Waals surface area contributed by atoms with Gasteiger partial charge in [-0.25, -0.2) is 0 Å². The number of allylic oxidation sites excluding steroid dienone is 1. The van der Waals surface area contributed by atoms with Gasteiger partial charge in [0.1, 0.15) is 0 Å². The molecule has 0 bridgehead atoms. The molecule has 0 amide bonds. The molecule has 1 aromatic heterocycles. The number of rotatable bonds is 4. The number of benzene rings is 1. The van der Waals surface area contributed by atoms with Gasteiger partial charge in [0.25, 0.3) is 5.78 Å². The molecule has 0 fully saturated rings. The number of ketones is 1. The summed E-state index contributed by atoms with van der Waals surface area (Å²) in [5, 5.41) is 9.89. The van der Waals surface area contributed by atoms with Gasteiger partial charge in [-0.1, -0.05) is 15.9 Å². The average molecular weight is 388 g/mol. The van der Waals surface area contributed by atoms with Crippen molar-refractivity contribution in [2.45, 2.75) is 6.18 Å². The van der Waals surface area contributed by atoms with Crippen molar-refractivity contribution >= 4 is 39.4 Å². The van der Waals surface area contributed by atoms with E-state index >= 15 is 0 Å². The van der Waals surface area contributed by atoms with Crippen molar-refractivity contribution in [1.82, 2.24) is 0 Å². The number of carbonyl (C=O) groups excluding carboxylic acids is 1. The number of aliphatic imine (C=N–C) groups is 1. The number of nitrogens with zero attached hydrogens (tertiary/aromatic N) is 1. The Hall–Kier alpha value is -2.35. The van der Waals surface area contributed by atoms with E-state index < -0.39 is 23.3 Å². The van der Waals surface area contributed by atoms with Crippen molar-refractivity contribution < 1.29 is 27.5 Å². The lowest BCUT2D eigenvalue weighted by atomic mass is 10.1. The fourth-order valence-electron chi connectivity index (χ4n) is 1.59. The molecular weight excluding hydrogens is 379 g/mol.